The summed E-state index contributed by atoms with van der Waals surface area (Å²) in [6, 6.07) is 7.62. The largest absolute Gasteiger partial charge is 3.00 e. The fourth-order valence-corrected chi connectivity index (χ4v) is 5.61. The number of allylic oxidation sites excluding steroid dienone is 5. The second-order valence-corrected chi connectivity index (χ2v) is 10.6. The first-order valence-corrected chi connectivity index (χ1v) is 14.0. The van der Waals surface area contributed by atoms with E-state index in [1.807, 2.05) is 52.0 Å². The molecule has 0 atom stereocenters. The molecular formula is C35H32IrN4O5+. The van der Waals surface area contributed by atoms with Crippen molar-refractivity contribution < 1.29 is 44.6 Å². The summed E-state index contributed by atoms with van der Waals surface area (Å²) in [7, 11) is 0. The van der Waals surface area contributed by atoms with E-state index in [0.717, 1.165) is 61.3 Å². The maximum absolute atomic E-state index is 11.5. The van der Waals surface area contributed by atoms with Crippen molar-refractivity contribution in [2.24, 2.45) is 0 Å². The molecule has 2 aliphatic rings. The number of hydrogen-bond donors (Lipinski definition) is 2. The summed E-state index contributed by atoms with van der Waals surface area (Å²) in [6.45, 7) is 20.4. The van der Waals surface area contributed by atoms with Gasteiger partial charge in [-0.15, -0.1) is 22.1 Å². The molecule has 10 heteroatoms. The molecule has 0 saturated carbocycles. The van der Waals surface area contributed by atoms with Gasteiger partial charge in [0.15, 0.2) is 0 Å². The van der Waals surface area contributed by atoms with Crippen LogP contribution in [0, 0.1) is 20.5 Å². The smallest absolute Gasteiger partial charge is 3.00 e. The summed E-state index contributed by atoms with van der Waals surface area (Å²) in [5, 5.41) is 18.9. The van der Waals surface area contributed by atoms with Gasteiger partial charge < -0.3 is 20.2 Å². The van der Waals surface area contributed by atoms with E-state index < -0.39 is 11.9 Å². The molecule has 2 aliphatic heterocycles. The molecule has 0 spiro atoms. The van der Waals surface area contributed by atoms with Crippen LogP contribution in [0.15, 0.2) is 43.5 Å². The third kappa shape index (κ3) is 6.90. The zero-order chi connectivity index (χ0) is 32.3. The Bertz CT molecular complexity index is 1970. The van der Waals surface area contributed by atoms with Gasteiger partial charge in [-0.2, -0.15) is 0 Å². The first kappa shape index (κ1) is 34.9. The maximum Gasteiger partial charge on any atom is 3.00 e. The molecule has 230 valence electrons. The fourth-order valence-electron chi connectivity index (χ4n) is 5.61. The van der Waals surface area contributed by atoms with Crippen LogP contribution >= 0.6 is 0 Å². The third-order valence-electron chi connectivity index (χ3n) is 8.06. The van der Waals surface area contributed by atoms with Crippen molar-refractivity contribution in [3.63, 3.8) is 0 Å². The number of hydrogen-bond acceptors (Lipinski definition) is 4. The molecule has 2 N–H and O–H groups in total. The van der Waals surface area contributed by atoms with Gasteiger partial charge in [0.1, 0.15) is 0 Å². The van der Waals surface area contributed by atoms with E-state index in [1.54, 1.807) is 12.2 Å². The number of carboxylic acid groups (broad SMARTS) is 2. The summed E-state index contributed by atoms with van der Waals surface area (Å²) in [5.74, 6) is -1.80. The summed E-state index contributed by atoms with van der Waals surface area (Å²) >= 11 is 0. The Kier molecular flexibility index (Phi) is 11.2. The minimum atomic E-state index is -0.898. The van der Waals surface area contributed by atoms with E-state index in [9.17, 15) is 19.8 Å². The molecule has 0 aromatic carbocycles. The van der Waals surface area contributed by atoms with Crippen LogP contribution in [-0.2, 0) is 40.8 Å². The normalized spacial score (nSPS) is 12.2. The van der Waals surface area contributed by atoms with Crippen molar-refractivity contribution in [1.82, 2.24) is 19.9 Å². The second-order valence-electron chi connectivity index (χ2n) is 10.6. The average Bonchev–Trinajstić information content (AvgIpc) is 3.64. The van der Waals surface area contributed by atoms with Crippen LogP contribution in [0.25, 0.3) is 50.4 Å². The summed E-state index contributed by atoms with van der Waals surface area (Å²) in [5.41, 5.74) is 12.6. The van der Waals surface area contributed by atoms with Crippen LogP contribution in [0.2, 0.25) is 0 Å². The Morgan fingerprint density at radius 3 is 1.89 bits per heavy atom. The van der Waals surface area contributed by atoms with Gasteiger partial charge in [0.25, 0.3) is 0 Å². The molecule has 5 rings (SSSR count). The predicted octanol–water partition coefficient (Wildman–Crippen LogP) is 6.72. The van der Waals surface area contributed by atoms with Crippen LogP contribution in [0.5, 0.6) is 0 Å². The first-order chi connectivity index (χ1) is 21.0. The van der Waals surface area contributed by atoms with E-state index in [4.69, 9.17) is 24.6 Å². The number of nitrogens with zero attached hydrogens (tertiary/aromatic N) is 4. The molecule has 5 heterocycles. The number of carbonyl (C=O) groups is 2. The molecule has 3 aromatic rings. The van der Waals surface area contributed by atoms with Gasteiger partial charge in [0.2, 0.25) is 0 Å². The summed E-state index contributed by atoms with van der Waals surface area (Å²) in [6.07, 6.45) is 4.06. The van der Waals surface area contributed by atoms with Gasteiger partial charge in [-0.25, -0.2) is 9.97 Å². The number of aliphatic carboxylic acids is 2. The van der Waals surface area contributed by atoms with Crippen molar-refractivity contribution in [1.29, 1.82) is 0 Å². The molecule has 9 nitrogen and oxygen atoms in total. The monoisotopic (exact) mass is 781 g/mol. The van der Waals surface area contributed by atoms with Crippen LogP contribution in [-0.4, -0.2) is 32.1 Å². The fraction of sp³-hybridized carbons (Fsp3) is 0.229. The number of rotatable bonds is 8. The SMILES string of the molecule is C=CC1=C(C)c2cc3[n-]c(cc4nc(cc5[n-]c(cc1n2)c(C)c5CCC(=O)O)C(CCC(=O)O)=C4C)c(C)c3C=C.[C-]#[O+].[Ir+3]. The Hall–Kier alpha value is -4.59. The van der Waals surface area contributed by atoms with Crippen molar-refractivity contribution >= 4 is 62.4 Å². The summed E-state index contributed by atoms with van der Waals surface area (Å²) < 4.78 is 7.50. The predicted molar refractivity (Wildman–Crippen MR) is 170 cm³/mol. The van der Waals surface area contributed by atoms with Crippen LogP contribution in [0.3, 0.4) is 0 Å². The van der Waals surface area contributed by atoms with Crippen molar-refractivity contribution in [2.75, 3.05) is 0 Å². The zero-order valence-electron chi connectivity index (χ0n) is 25.4. The third-order valence-corrected chi connectivity index (χ3v) is 8.06. The number of aromatic nitrogens is 4. The molecule has 45 heavy (non-hydrogen) atoms. The van der Waals surface area contributed by atoms with Gasteiger partial charge in [-0.3, -0.25) is 9.59 Å². The molecule has 0 radical (unpaired) electrons. The van der Waals surface area contributed by atoms with E-state index >= 15 is 0 Å². The van der Waals surface area contributed by atoms with E-state index in [-0.39, 0.29) is 32.9 Å². The van der Waals surface area contributed by atoms with E-state index in [0.29, 0.717) is 41.0 Å². The zero-order valence-corrected chi connectivity index (χ0v) is 27.8. The summed E-state index contributed by atoms with van der Waals surface area (Å²) in [4.78, 5) is 42.7. The average molecular weight is 781 g/mol. The Morgan fingerprint density at radius 2 is 1.27 bits per heavy atom. The van der Waals surface area contributed by atoms with Gasteiger partial charge in [-0.1, -0.05) is 66.3 Å². The molecule has 0 amide bonds. The quantitative estimate of drug-likeness (QED) is 0.189. The van der Waals surface area contributed by atoms with Gasteiger partial charge in [-0.05, 0) is 62.8 Å². The Morgan fingerprint density at radius 1 is 0.756 bits per heavy atom. The van der Waals surface area contributed by atoms with Crippen molar-refractivity contribution in [2.45, 2.75) is 53.4 Å². The van der Waals surface area contributed by atoms with Gasteiger partial charge >= 0.3 is 43.3 Å². The Labute approximate surface area is 274 Å². The topological polar surface area (TPSA) is 148 Å². The van der Waals surface area contributed by atoms with Crippen LogP contribution in [0.1, 0.15) is 78.1 Å². The number of carboxylic acids is 2. The standard InChI is InChI=1S/C34H34N4O4.CO.Ir/c1-7-21-17(3)25-13-26-19(5)23(9-11-33(39)40)31(37-26)16-32-24(10-12-34(41)42)20(6)28(38-32)15-30-22(8-2)18(4)27(36-30)14-29(21)35-25;1-2;/h7-8,13-16H,1-2,9-12H2,3-6H3,(H4,35,36,37,38,39,40,41,42);;/q;;+3/p-2. The molecule has 3 aromatic heterocycles. The Balaban J connectivity index is 0.00000180. The van der Waals surface area contributed by atoms with Gasteiger partial charge in [0, 0.05) is 18.4 Å². The minimum absolute atomic E-state index is 0. The molecule has 0 fully saturated rings. The van der Waals surface area contributed by atoms with E-state index in [2.05, 4.69) is 19.8 Å². The van der Waals surface area contributed by atoms with Crippen LogP contribution in [0.4, 0.5) is 0 Å². The van der Waals surface area contributed by atoms with Crippen molar-refractivity contribution in [3.8, 4) is 0 Å². The molecule has 8 bridgehead atoms. The number of aryl methyl sites for hydroxylation is 3. The number of fused-ring (bicyclic) bond motifs is 8. The van der Waals surface area contributed by atoms with Crippen LogP contribution < -0.4 is 9.97 Å². The van der Waals surface area contributed by atoms with Crippen molar-refractivity contribution in [3.05, 3.63) is 95.2 Å². The molecule has 0 aliphatic carbocycles. The van der Waals surface area contributed by atoms with Gasteiger partial charge in [0.05, 0.1) is 22.8 Å². The first-order valence-electron chi connectivity index (χ1n) is 14.0. The maximum atomic E-state index is 11.5. The molecule has 0 unspecified atom stereocenters. The van der Waals surface area contributed by atoms with E-state index in [1.165, 1.54) is 0 Å². The molecule has 0 saturated heterocycles. The molecular weight excluding hydrogens is 749 g/mol. The minimum Gasteiger partial charge on any atom is 3.00 e. The second kappa shape index (κ2) is 14.5.